The second-order valence-corrected chi connectivity index (χ2v) is 2.30. The molecule has 0 amide bonds. The van der Waals surface area contributed by atoms with Gasteiger partial charge in [-0.1, -0.05) is 0 Å². The van der Waals surface area contributed by atoms with Crippen LogP contribution in [0.2, 0.25) is 0 Å². The lowest BCUT2D eigenvalue weighted by molar-refractivity contribution is -0.118. The van der Waals surface area contributed by atoms with Crippen LogP contribution >= 0.6 is 12.4 Å². The number of piperidine rings is 1. The fraction of sp³-hybridized carbons (Fsp3) is 0.800. The van der Waals surface area contributed by atoms with Gasteiger partial charge in [0.1, 0.15) is 0 Å². The first-order valence-electron chi connectivity index (χ1n) is 2.64. The molecule has 0 aromatic heterocycles. The Morgan fingerprint density at radius 2 is 2.38 bits per heavy atom. The number of Topliss-reactive ketones (excluding diaryl/α,β-unsaturated/α-hetero) is 1. The van der Waals surface area contributed by atoms with Gasteiger partial charge in [-0.05, 0) is 6.42 Å². The van der Waals surface area contributed by atoms with Gasteiger partial charge in [0.2, 0.25) is 0 Å². The highest BCUT2D eigenvalue weighted by molar-refractivity contribution is 5.89. The molecule has 0 aromatic rings. The van der Waals surface area contributed by atoms with E-state index >= 15 is 0 Å². The molecule has 2 unspecified atom stereocenters. The molecule has 1 saturated heterocycles. The zero-order valence-electron chi connectivity index (χ0n) is 4.39. The highest BCUT2D eigenvalue weighted by Crippen LogP contribution is 2.34. The average molecular weight is 134 g/mol. The van der Waals surface area contributed by atoms with Crippen LogP contribution in [-0.2, 0) is 4.79 Å². The summed E-state index contributed by atoms with van der Waals surface area (Å²) in [5.74, 6) is 0.852. The van der Waals surface area contributed by atoms with E-state index in [1.807, 2.05) is 0 Å². The molecule has 2 atom stereocenters. The van der Waals surface area contributed by atoms with E-state index in [1.54, 1.807) is 0 Å². The van der Waals surface area contributed by atoms with Crippen molar-refractivity contribution < 1.29 is 4.79 Å². The number of hydrogen-bond acceptors (Lipinski definition) is 2. The van der Waals surface area contributed by atoms with Crippen LogP contribution in [0.15, 0.2) is 0 Å². The van der Waals surface area contributed by atoms with Gasteiger partial charge in [-0.2, -0.15) is 0 Å². The normalized spacial score (nSPS) is 40.8. The minimum atomic E-state index is 0. The topological polar surface area (TPSA) is 29.1 Å². The van der Waals surface area contributed by atoms with Crippen molar-refractivity contribution in [1.82, 2.24) is 5.32 Å². The predicted octanol–water partition coefficient (Wildman–Crippen LogP) is -0.0310. The molecule has 3 heteroatoms. The van der Waals surface area contributed by atoms with Crippen LogP contribution in [0.3, 0.4) is 0 Å². The molecular formula is C5H8ClNO. The molecule has 1 aliphatic carbocycles. The summed E-state index contributed by atoms with van der Waals surface area (Å²) in [5.41, 5.74) is 0. The van der Waals surface area contributed by atoms with Gasteiger partial charge in [0.25, 0.3) is 0 Å². The van der Waals surface area contributed by atoms with Crippen molar-refractivity contribution in [2.24, 2.45) is 5.92 Å². The lowest BCUT2D eigenvalue weighted by atomic mass is 10.3. The molecule has 1 saturated carbocycles. The molecule has 2 nitrogen and oxygen atoms in total. The number of fused-ring (bicyclic) bond motifs is 1. The van der Waals surface area contributed by atoms with E-state index in [4.69, 9.17) is 0 Å². The molecule has 8 heavy (non-hydrogen) atoms. The summed E-state index contributed by atoms with van der Waals surface area (Å²) in [6.45, 7) is 0.634. The molecule has 1 N–H and O–H groups in total. The zero-order chi connectivity index (χ0) is 4.85. The van der Waals surface area contributed by atoms with Gasteiger partial charge in [-0.3, -0.25) is 4.79 Å². The van der Waals surface area contributed by atoms with Crippen molar-refractivity contribution in [3.8, 4) is 0 Å². The zero-order valence-corrected chi connectivity index (χ0v) is 5.20. The molecule has 1 heterocycles. The number of carbonyl (C=O) groups is 1. The van der Waals surface area contributed by atoms with Crippen molar-refractivity contribution in [2.75, 3.05) is 6.54 Å². The molecule has 0 bridgehead atoms. The van der Waals surface area contributed by atoms with Crippen molar-refractivity contribution >= 4 is 18.2 Å². The van der Waals surface area contributed by atoms with Crippen molar-refractivity contribution in [2.45, 2.75) is 12.5 Å². The Morgan fingerprint density at radius 1 is 1.62 bits per heavy atom. The van der Waals surface area contributed by atoms with Crippen LogP contribution in [0.4, 0.5) is 0 Å². The van der Waals surface area contributed by atoms with Crippen molar-refractivity contribution in [1.29, 1.82) is 0 Å². The molecule has 46 valence electrons. The molecule has 0 aromatic carbocycles. The first-order valence-corrected chi connectivity index (χ1v) is 2.64. The van der Waals surface area contributed by atoms with E-state index in [0.29, 0.717) is 24.3 Å². The summed E-state index contributed by atoms with van der Waals surface area (Å²) in [6.07, 6.45) is 1.11. The fourth-order valence-electron chi connectivity index (χ4n) is 1.14. The molecule has 2 fully saturated rings. The third kappa shape index (κ3) is 0.644. The predicted molar refractivity (Wildman–Crippen MR) is 32.2 cm³/mol. The number of nitrogens with one attached hydrogen (secondary N) is 1. The Morgan fingerprint density at radius 3 is 2.50 bits per heavy atom. The van der Waals surface area contributed by atoms with E-state index < -0.39 is 0 Å². The molecule has 1 aliphatic heterocycles. The second kappa shape index (κ2) is 1.71. The molecular weight excluding hydrogens is 126 g/mol. The summed E-state index contributed by atoms with van der Waals surface area (Å²) >= 11 is 0. The monoisotopic (exact) mass is 133 g/mol. The second-order valence-electron chi connectivity index (χ2n) is 2.30. The minimum Gasteiger partial charge on any atom is -0.306 e. The quantitative estimate of drug-likeness (QED) is 0.503. The SMILES string of the molecule is Cl.O=C1CNC2CC12. The molecule has 0 radical (unpaired) electrons. The molecule has 2 rings (SSSR count). The van der Waals surface area contributed by atoms with Gasteiger partial charge in [0.15, 0.2) is 5.78 Å². The van der Waals surface area contributed by atoms with Gasteiger partial charge in [0.05, 0.1) is 6.54 Å². The van der Waals surface area contributed by atoms with Gasteiger partial charge in [-0.25, -0.2) is 0 Å². The molecule has 2 aliphatic rings. The van der Waals surface area contributed by atoms with Crippen LogP contribution in [0, 0.1) is 5.92 Å². The van der Waals surface area contributed by atoms with Gasteiger partial charge < -0.3 is 5.32 Å². The first-order chi connectivity index (χ1) is 3.38. The number of halogens is 1. The van der Waals surface area contributed by atoms with Crippen molar-refractivity contribution in [3.63, 3.8) is 0 Å². The summed E-state index contributed by atoms with van der Waals surface area (Å²) in [6, 6.07) is 0.590. The smallest absolute Gasteiger partial charge is 0.151 e. The van der Waals surface area contributed by atoms with Crippen LogP contribution in [-0.4, -0.2) is 18.4 Å². The number of ketones is 1. The van der Waals surface area contributed by atoms with Crippen LogP contribution in [0.25, 0.3) is 0 Å². The van der Waals surface area contributed by atoms with E-state index in [-0.39, 0.29) is 12.4 Å². The maximum absolute atomic E-state index is 10.6. The van der Waals surface area contributed by atoms with Crippen LogP contribution in [0.1, 0.15) is 6.42 Å². The van der Waals surface area contributed by atoms with Crippen molar-refractivity contribution in [3.05, 3.63) is 0 Å². The Labute approximate surface area is 54.1 Å². The highest BCUT2D eigenvalue weighted by Gasteiger charge is 2.47. The number of rotatable bonds is 0. The third-order valence-electron chi connectivity index (χ3n) is 1.74. The Hall–Kier alpha value is -0.0800. The van der Waals surface area contributed by atoms with E-state index in [9.17, 15) is 4.79 Å². The Kier molecular flexibility index (Phi) is 1.29. The summed E-state index contributed by atoms with van der Waals surface area (Å²) < 4.78 is 0. The fourth-order valence-corrected chi connectivity index (χ4v) is 1.14. The first kappa shape index (κ1) is 6.05. The number of carbonyl (C=O) groups excluding carboxylic acids is 1. The lowest BCUT2D eigenvalue weighted by Gasteiger charge is -1.85. The minimum absolute atomic E-state index is 0. The van der Waals surface area contributed by atoms with E-state index in [1.165, 1.54) is 0 Å². The van der Waals surface area contributed by atoms with E-state index in [2.05, 4.69) is 5.32 Å². The third-order valence-corrected chi connectivity index (χ3v) is 1.74. The number of hydrogen-bond donors (Lipinski definition) is 1. The van der Waals surface area contributed by atoms with Gasteiger partial charge in [0, 0.05) is 12.0 Å². The standard InChI is InChI=1S/C5H7NO.ClH/c7-5-2-6-4-1-3(4)5;/h3-4,6H,1-2H2;1H. The Balaban J connectivity index is 0.000000320. The van der Waals surface area contributed by atoms with Crippen LogP contribution < -0.4 is 5.32 Å². The summed E-state index contributed by atoms with van der Waals surface area (Å²) in [5, 5.41) is 3.09. The maximum Gasteiger partial charge on any atom is 0.151 e. The van der Waals surface area contributed by atoms with Gasteiger partial charge in [-0.15, -0.1) is 12.4 Å². The van der Waals surface area contributed by atoms with E-state index in [0.717, 1.165) is 6.42 Å². The van der Waals surface area contributed by atoms with Gasteiger partial charge >= 0.3 is 0 Å². The summed E-state index contributed by atoms with van der Waals surface area (Å²) in [7, 11) is 0. The largest absolute Gasteiger partial charge is 0.306 e. The van der Waals surface area contributed by atoms with Crippen LogP contribution in [0.5, 0.6) is 0 Å². The molecule has 0 spiro atoms. The maximum atomic E-state index is 10.6. The lowest BCUT2D eigenvalue weighted by Crippen LogP contribution is -2.14. The highest BCUT2D eigenvalue weighted by atomic mass is 35.5. The average Bonchev–Trinajstić information content (AvgIpc) is 2.33. The Bertz CT molecular complexity index is 126. The summed E-state index contributed by atoms with van der Waals surface area (Å²) in [4.78, 5) is 10.6.